The summed E-state index contributed by atoms with van der Waals surface area (Å²) in [6.45, 7) is 0.577. The topological polar surface area (TPSA) is 65.5 Å². The highest BCUT2D eigenvalue weighted by Gasteiger charge is 2.46. The molecule has 2 aliphatic heterocycles. The van der Waals surface area contributed by atoms with E-state index in [9.17, 15) is 14.3 Å². The molecule has 1 saturated heterocycles. The molecule has 6 heteroatoms. The number of rotatable bonds is 3. The zero-order valence-electron chi connectivity index (χ0n) is 16.3. The Morgan fingerprint density at radius 1 is 1.17 bits per heavy atom. The van der Waals surface area contributed by atoms with Crippen molar-refractivity contribution in [1.29, 1.82) is 0 Å². The van der Waals surface area contributed by atoms with E-state index in [2.05, 4.69) is 10.3 Å². The van der Waals surface area contributed by atoms with Crippen LogP contribution in [0.3, 0.4) is 0 Å². The highest BCUT2D eigenvalue weighted by Crippen LogP contribution is 2.47. The molecule has 1 fully saturated rings. The Balaban J connectivity index is 1.59. The summed E-state index contributed by atoms with van der Waals surface area (Å²) in [5, 5.41) is 13.4. The molecule has 3 heterocycles. The zero-order valence-corrected chi connectivity index (χ0v) is 16.3. The number of pyridine rings is 1. The van der Waals surface area contributed by atoms with Crippen molar-refractivity contribution in [2.45, 2.75) is 18.5 Å². The summed E-state index contributed by atoms with van der Waals surface area (Å²) in [4.78, 5) is 19.3. The molecule has 152 valence electrons. The Labute approximate surface area is 174 Å². The van der Waals surface area contributed by atoms with Crippen molar-refractivity contribution >= 4 is 11.6 Å². The summed E-state index contributed by atoms with van der Waals surface area (Å²) in [6.07, 6.45) is 2.40. The molecule has 0 radical (unpaired) electrons. The van der Waals surface area contributed by atoms with Crippen LogP contribution in [0.5, 0.6) is 0 Å². The molecule has 0 spiro atoms. The van der Waals surface area contributed by atoms with Crippen molar-refractivity contribution in [3.05, 3.63) is 83.9 Å². The van der Waals surface area contributed by atoms with E-state index in [4.69, 9.17) is 0 Å². The summed E-state index contributed by atoms with van der Waals surface area (Å²) in [5.41, 5.74) is 3.53. The number of aliphatic hydroxyl groups is 1. The summed E-state index contributed by atoms with van der Waals surface area (Å²) in [6, 6.07) is 17.4. The molecular weight excluding hydrogens is 381 g/mol. The minimum atomic E-state index is -0.279. The number of anilines is 1. The van der Waals surface area contributed by atoms with Crippen LogP contribution < -0.4 is 5.32 Å². The normalized spacial score (nSPS) is 22.2. The van der Waals surface area contributed by atoms with Gasteiger partial charge in [-0.3, -0.25) is 9.78 Å². The SMILES string of the molecule is O=C(c1ccccn1)N1CC[C@@H]2[C@H](CO)Nc3ccc(-c4ccccc4F)cc3[C@@H]21. The molecule has 2 aromatic carbocycles. The van der Waals surface area contributed by atoms with E-state index in [0.717, 1.165) is 23.2 Å². The van der Waals surface area contributed by atoms with Crippen LogP contribution in [0.2, 0.25) is 0 Å². The van der Waals surface area contributed by atoms with E-state index in [1.807, 2.05) is 29.2 Å². The fraction of sp³-hybridized carbons (Fsp3) is 0.250. The lowest BCUT2D eigenvalue weighted by Gasteiger charge is -2.39. The highest BCUT2D eigenvalue weighted by molar-refractivity contribution is 5.93. The third-order valence-electron chi connectivity index (χ3n) is 6.20. The molecule has 1 amide bonds. The van der Waals surface area contributed by atoms with Gasteiger partial charge in [0.1, 0.15) is 11.5 Å². The third-order valence-corrected chi connectivity index (χ3v) is 6.20. The van der Waals surface area contributed by atoms with Gasteiger partial charge in [-0.25, -0.2) is 4.39 Å². The number of nitrogens with zero attached hydrogens (tertiary/aromatic N) is 2. The van der Waals surface area contributed by atoms with E-state index < -0.39 is 0 Å². The van der Waals surface area contributed by atoms with Gasteiger partial charge >= 0.3 is 0 Å². The highest BCUT2D eigenvalue weighted by atomic mass is 19.1. The largest absolute Gasteiger partial charge is 0.394 e. The zero-order chi connectivity index (χ0) is 20.7. The monoisotopic (exact) mass is 403 g/mol. The van der Waals surface area contributed by atoms with Crippen LogP contribution in [0.25, 0.3) is 11.1 Å². The summed E-state index contributed by atoms with van der Waals surface area (Å²) in [7, 11) is 0. The Morgan fingerprint density at radius 2 is 2.00 bits per heavy atom. The standard InChI is InChI=1S/C24H22FN3O2/c25-19-6-2-1-5-16(19)15-8-9-20-18(13-15)23-17(22(14-29)27-20)10-12-28(23)24(30)21-7-3-4-11-26-21/h1-9,11,13,17,22-23,27,29H,10,12,14H2/t17-,22+,23-/m1/s1. The molecule has 5 nitrogen and oxygen atoms in total. The third kappa shape index (κ3) is 3.04. The fourth-order valence-corrected chi connectivity index (χ4v) is 4.79. The number of amides is 1. The number of carbonyl (C=O) groups excluding carboxylic acids is 1. The maximum absolute atomic E-state index is 14.4. The molecule has 30 heavy (non-hydrogen) atoms. The lowest BCUT2D eigenvalue weighted by atomic mass is 9.82. The molecule has 0 bridgehead atoms. The molecule has 0 aliphatic carbocycles. The van der Waals surface area contributed by atoms with Gasteiger partial charge in [0, 0.05) is 29.9 Å². The number of nitrogens with one attached hydrogen (secondary N) is 1. The predicted octanol–water partition coefficient (Wildman–Crippen LogP) is 3.88. The van der Waals surface area contributed by atoms with Crippen LogP contribution in [-0.4, -0.2) is 40.1 Å². The number of carbonyl (C=O) groups is 1. The number of halogens is 1. The lowest BCUT2D eigenvalue weighted by Crippen LogP contribution is -2.43. The van der Waals surface area contributed by atoms with Crippen LogP contribution in [0.1, 0.15) is 28.5 Å². The van der Waals surface area contributed by atoms with Gasteiger partial charge in [0.25, 0.3) is 5.91 Å². The number of aromatic nitrogens is 1. The van der Waals surface area contributed by atoms with E-state index in [-0.39, 0.29) is 36.3 Å². The number of hydrogen-bond acceptors (Lipinski definition) is 4. The number of fused-ring (bicyclic) bond motifs is 3. The lowest BCUT2D eigenvalue weighted by molar-refractivity contribution is 0.0695. The first kappa shape index (κ1) is 18.8. The number of hydrogen-bond donors (Lipinski definition) is 2. The maximum Gasteiger partial charge on any atom is 0.272 e. The first-order valence-electron chi connectivity index (χ1n) is 10.2. The Morgan fingerprint density at radius 3 is 2.77 bits per heavy atom. The van der Waals surface area contributed by atoms with Gasteiger partial charge in [-0.15, -0.1) is 0 Å². The molecular formula is C24H22FN3O2. The molecule has 0 saturated carbocycles. The van der Waals surface area contributed by atoms with Gasteiger partial charge in [0.15, 0.2) is 0 Å². The molecule has 2 aliphatic rings. The van der Waals surface area contributed by atoms with Crippen molar-refractivity contribution in [3.63, 3.8) is 0 Å². The summed E-state index contributed by atoms with van der Waals surface area (Å²) in [5.74, 6) is -0.325. The second kappa shape index (κ2) is 7.54. The van der Waals surface area contributed by atoms with Crippen LogP contribution in [0, 0.1) is 11.7 Å². The van der Waals surface area contributed by atoms with Crippen molar-refractivity contribution in [3.8, 4) is 11.1 Å². The van der Waals surface area contributed by atoms with E-state index in [1.165, 1.54) is 6.07 Å². The smallest absolute Gasteiger partial charge is 0.272 e. The molecule has 3 aromatic rings. The minimum absolute atomic E-state index is 0.0126. The van der Waals surface area contributed by atoms with Crippen molar-refractivity contribution in [2.24, 2.45) is 5.92 Å². The maximum atomic E-state index is 14.4. The molecule has 2 N–H and O–H groups in total. The van der Waals surface area contributed by atoms with Gasteiger partial charge in [-0.2, -0.15) is 0 Å². The fourth-order valence-electron chi connectivity index (χ4n) is 4.79. The van der Waals surface area contributed by atoms with Gasteiger partial charge in [0.05, 0.1) is 18.7 Å². The van der Waals surface area contributed by atoms with Gasteiger partial charge < -0.3 is 15.3 Å². The summed E-state index contributed by atoms with van der Waals surface area (Å²) < 4.78 is 14.4. The molecule has 1 aromatic heterocycles. The van der Waals surface area contributed by atoms with Gasteiger partial charge in [-0.1, -0.05) is 30.3 Å². The summed E-state index contributed by atoms with van der Waals surface area (Å²) >= 11 is 0. The second-order valence-electron chi connectivity index (χ2n) is 7.83. The molecule has 0 unspecified atom stereocenters. The van der Waals surface area contributed by atoms with Crippen LogP contribution >= 0.6 is 0 Å². The Bertz CT molecular complexity index is 1090. The van der Waals surface area contributed by atoms with E-state index in [1.54, 1.807) is 36.5 Å². The number of benzene rings is 2. The first-order chi connectivity index (χ1) is 14.7. The van der Waals surface area contributed by atoms with Crippen LogP contribution in [-0.2, 0) is 0 Å². The molecule has 3 atom stereocenters. The first-order valence-corrected chi connectivity index (χ1v) is 10.2. The molecule has 5 rings (SSSR count). The minimum Gasteiger partial charge on any atom is -0.394 e. The predicted molar refractivity (Wildman–Crippen MR) is 112 cm³/mol. The average Bonchev–Trinajstić information content (AvgIpc) is 3.24. The quantitative estimate of drug-likeness (QED) is 0.697. The van der Waals surface area contributed by atoms with E-state index in [0.29, 0.717) is 17.8 Å². The van der Waals surface area contributed by atoms with Crippen molar-refractivity contribution < 1.29 is 14.3 Å². The Kier molecular flexibility index (Phi) is 4.71. The van der Waals surface area contributed by atoms with Gasteiger partial charge in [0.2, 0.25) is 0 Å². The van der Waals surface area contributed by atoms with E-state index >= 15 is 0 Å². The van der Waals surface area contributed by atoms with Crippen molar-refractivity contribution in [1.82, 2.24) is 9.88 Å². The average molecular weight is 403 g/mol. The Hall–Kier alpha value is -3.25. The van der Waals surface area contributed by atoms with Crippen LogP contribution in [0.4, 0.5) is 10.1 Å². The second-order valence-corrected chi connectivity index (χ2v) is 7.83. The van der Waals surface area contributed by atoms with Crippen LogP contribution in [0.15, 0.2) is 66.9 Å². The number of likely N-dealkylation sites (tertiary alicyclic amines) is 1. The van der Waals surface area contributed by atoms with Crippen molar-refractivity contribution in [2.75, 3.05) is 18.5 Å². The van der Waals surface area contributed by atoms with Gasteiger partial charge in [-0.05, 0) is 47.9 Å². The number of aliphatic hydroxyl groups excluding tert-OH is 1.